The third kappa shape index (κ3) is 4.34. The zero-order valence-corrected chi connectivity index (χ0v) is 23.1. The summed E-state index contributed by atoms with van der Waals surface area (Å²) in [5, 5.41) is 4.07. The van der Waals surface area contributed by atoms with Crippen molar-refractivity contribution in [1.29, 1.82) is 0 Å². The van der Waals surface area contributed by atoms with Gasteiger partial charge in [-0.05, 0) is 43.7 Å². The first-order valence-electron chi connectivity index (χ1n) is 13.1. The van der Waals surface area contributed by atoms with E-state index in [1.54, 1.807) is 4.57 Å². The second kappa shape index (κ2) is 10.4. The zero-order chi connectivity index (χ0) is 27.8. The minimum Gasteiger partial charge on any atom is -0.340 e. The minimum absolute atomic E-state index is 0.171. The number of anilines is 1. The summed E-state index contributed by atoms with van der Waals surface area (Å²) in [6.07, 6.45) is 3.84. The van der Waals surface area contributed by atoms with Gasteiger partial charge in [0, 0.05) is 34.4 Å². The minimum atomic E-state index is -0.605. The van der Waals surface area contributed by atoms with Gasteiger partial charge in [-0.15, -0.1) is 6.58 Å². The Bertz CT molecular complexity index is 1980. The van der Waals surface area contributed by atoms with E-state index in [1.165, 1.54) is 11.3 Å². The molecule has 0 spiro atoms. The van der Waals surface area contributed by atoms with Crippen LogP contribution in [0.3, 0.4) is 0 Å². The number of nitrogens with one attached hydrogen (secondary N) is 1. The second-order valence-electron chi connectivity index (χ2n) is 9.73. The van der Waals surface area contributed by atoms with Crippen LogP contribution >= 0.6 is 11.3 Å². The Morgan fingerprint density at radius 1 is 1.00 bits per heavy atom. The molecule has 0 fully saturated rings. The molecule has 0 aliphatic carbocycles. The van der Waals surface area contributed by atoms with Gasteiger partial charge in [-0.3, -0.25) is 14.2 Å². The number of amides is 1. The third-order valence-electron chi connectivity index (χ3n) is 7.28. The van der Waals surface area contributed by atoms with Crippen molar-refractivity contribution in [3.05, 3.63) is 145 Å². The first kappa shape index (κ1) is 25.5. The number of nitrogens with zero attached hydrogens (tertiary/aromatic N) is 3. The normalized spacial score (nSPS) is 15.2. The van der Waals surface area contributed by atoms with Gasteiger partial charge in [-0.25, -0.2) is 4.99 Å². The Labute approximate surface area is 235 Å². The van der Waals surface area contributed by atoms with E-state index in [2.05, 4.69) is 35.5 Å². The number of fused-ring (bicyclic) bond motifs is 2. The molecule has 40 heavy (non-hydrogen) atoms. The maximum atomic E-state index is 14.1. The van der Waals surface area contributed by atoms with Crippen LogP contribution in [0, 0.1) is 6.92 Å². The van der Waals surface area contributed by atoms with Crippen LogP contribution in [0.4, 0.5) is 5.69 Å². The number of carbonyl (C=O) groups is 1. The summed E-state index contributed by atoms with van der Waals surface area (Å²) in [6.45, 7) is 8.49. The molecule has 6 rings (SSSR count). The summed E-state index contributed by atoms with van der Waals surface area (Å²) in [7, 11) is 0. The molecule has 0 bridgehead atoms. The molecule has 6 nitrogen and oxygen atoms in total. The number of benzene rings is 3. The number of carbonyl (C=O) groups excluding carboxylic acids is 1. The highest BCUT2D eigenvalue weighted by atomic mass is 32.1. The summed E-state index contributed by atoms with van der Waals surface area (Å²) in [4.78, 5) is 33.1. The number of hydrogen-bond donors (Lipinski definition) is 1. The predicted molar refractivity (Wildman–Crippen MR) is 162 cm³/mol. The number of allylic oxidation sites excluding steroid dienone is 2. The second-order valence-corrected chi connectivity index (χ2v) is 10.7. The average Bonchev–Trinajstić information content (AvgIpc) is 3.42. The fourth-order valence-electron chi connectivity index (χ4n) is 5.42. The highest BCUT2D eigenvalue weighted by Crippen LogP contribution is 2.31. The van der Waals surface area contributed by atoms with E-state index < -0.39 is 6.04 Å². The molecule has 0 saturated carbocycles. The van der Waals surface area contributed by atoms with Crippen LogP contribution < -0.4 is 20.2 Å². The number of para-hydroxylation sites is 2. The Kier molecular flexibility index (Phi) is 6.66. The molecule has 1 aliphatic heterocycles. The lowest BCUT2D eigenvalue weighted by Crippen LogP contribution is -2.40. The van der Waals surface area contributed by atoms with Gasteiger partial charge in [-0.1, -0.05) is 84.1 Å². The van der Waals surface area contributed by atoms with Crippen molar-refractivity contribution in [2.75, 3.05) is 5.32 Å². The number of rotatable bonds is 6. The highest BCUT2D eigenvalue weighted by Gasteiger charge is 2.32. The van der Waals surface area contributed by atoms with Crippen LogP contribution in [0.2, 0.25) is 0 Å². The van der Waals surface area contributed by atoms with E-state index in [-0.39, 0.29) is 11.5 Å². The molecule has 2 aromatic heterocycles. The van der Waals surface area contributed by atoms with Crippen molar-refractivity contribution in [2.45, 2.75) is 26.4 Å². The average molecular weight is 545 g/mol. The summed E-state index contributed by atoms with van der Waals surface area (Å²) in [5.41, 5.74) is 5.56. The van der Waals surface area contributed by atoms with Crippen LogP contribution in [0.1, 0.15) is 29.8 Å². The smallest absolute Gasteiger partial charge is 0.271 e. The molecule has 0 unspecified atom stereocenters. The zero-order valence-electron chi connectivity index (χ0n) is 22.3. The molecule has 3 heterocycles. The SMILES string of the molecule is C=CCn1c(C)c(/C=c2\sc3n(c2=O)[C@@H](c2ccccc2)C(C(=O)Nc2ccccc2)=C(C)N=3)c2ccccc21. The van der Waals surface area contributed by atoms with Gasteiger partial charge in [0.2, 0.25) is 0 Å². The summed E-state index contributed by atoms with van der Waals surface area (Å²) in [6, 6.07) is 26.6. The van der Waals surface area contributed by atoms with E-state index >= 15 is 0 Å². The monoisotopic (exact) mass is 544 g/mol. The maximum Gasteiger partial charge on any atom is 0.271 e. The molecule has 0 radical (unpaired) electrons. The topological polar surface area (TPSA) is 68.4 Å². The third-order valence-corrected chi connectivity index (χ3v) is 8.26. The van der Waals surface area contributed by atoms with Crippen molar-refractivity contribution in [3.8, 4) is 0 Å². The van der Waals surface area contributed by atoms with E-state index in [1.807, 2.05) is 91.9 Å². The van der Waals surface area contributed by atoms with E-state index in [4.69, 9.17) is 4.99 Å². The van der Waals surface area contributed by atoms with Crippen LogP contribution in [0.5, 0.6) is 0 Å². The fraction of sp³-hybridized carbons (Fsp3) is 0.121. The van der Waals surface area contributed by atoms with Crippen molar-refractivity contribution < 1.29 is 4.79 Å². The van der Waals surface area contributed by atoms with Gasteiger partial charge in [0.25, 0.3) is 11.5 Å². The van der Waals surface area contributed by atoms with Crippen molar-refractivity contribution in [1.82, 2.24) is 9.13 Å². The number of aromatic nitrogens is 2. The quantitative estimate of drug-likeness (QED) is 0.294. The maximum absolute atomic E-state index is 14.1. The largest absolute Gasteiger partial charge is 0.340 e. The van der Waals surface area contributed by atoms with Gasteiger partial charge in [0.05, 0.1) is 21.8 Å². The lowest BCUT2D eigenvalue weighted by Gasteiger charge is -2.25. The highest BCUT2D eigenvalue weighted by molar-refractivity contribution is 7.07. The molecular weight excluding hydrogens is 516 g/mol. The molecule has 0 saturated heterocycles. The first-order valence-corrected chi connectivity index (χ1v) is 13.9. The first-order chi connectivity index (χ1) is 19.5. The predicted octanol–water partition coefficient (Wildman–Crippen LogP) is 5.32. The van der Waals surface area contributed by atoms with E-state index in [0.717, 1.165) is 27.7 Å². The Balaban J connectivity index is 1.54. The van der Waals surface area contributed by atoms with Crippen LogP contribution in [0.25, 0.3) is 17.0 Å². The van der Waals surface area contributed by atoms with Gasteiger partial charge in [0.1, 0.15) is 0 Å². The molecule has 1 N–H and O–H groups in total. The molecule has 7 heteroatoms. The summed E-state index contributed by atoms with van der Waals surface area (Å²) >= 11 is 1.35. The van der Waals surface area contributed by atoms with Gasteiger partial charge < -0.3 is 9.88 Å². The van der Waals surface area contributed by atoms with Gasteiger partial charge in [0.15, 0.2) is 4.80 Å². The molecule has 5 aromatic rings. The molecule has 1 atom stereocenters. The molecule has 1 amide bonds. The van der Waals surface area contributed by atoms with Crippen molar-refractivity contribution >= 4 is 39.9 Å². The number of thiazole rings is 1. The Morgan fingerprint density at radius 2 is 1.68 bits per heavy atom. The Morgan fingerprint density at radius 3 is 2.40 bits per heavy atom. The van der Waals surface area contributed by atoms with Crippen LogP contribution in [0.15, 0.2) is 119 Å². The van der Waals surface area contributed by atoms with E-state index in [0.29, 0.717) is 32.8 Å². The van der Waals surface area contributed by atoms with Gasteiger partial charge >= 0.3 is 0 Å². The lowest BCUT2D eigenvalue weighted by atomic mass is 9.95. The molecule has 1 aliphatic rings. The molecular formula is C33H28N4O2S. The molecule has 3 aromatic carbocycles. The van der Waals surface area contributed by atoms with Crippen molar-refractivity contribution in [2.24, 2.45) is 4.99 Å². The number of hydrogen-bond acceptors (Lipinski definition) is 4. The summed E-state index contributed by atoms with van der Waals surface area (Å²) in [5.74, 6) is -0.279. The van der Waals surface area contributed by atoms with Crippen LogP contribution in [-0.2, 0) is 11.3 Å². The van der Waals surface area contributed by atoms with Gasteiger partial charge in [-0.2, -0.15) is 0 Å². The standard InChI is InChI=1S/C33H28N4O2S/c1-4-19-36-22(3)26(25-17-11-12-18-27(25)36)20-28-32(39)37-30(23-13-7-5-8-14-23)29(21(2)34-33(37)40-28)31(38)35-24-15-9-6-10-16-24/h4-18,20,30H,1,19H2,2-3H3,(H,35,38)/b28-20-/t30-/m0/s1. The Hall–Kier alpha value is -4.75. The van der Waals surface area contributed by atoms with Crippen LogP contribution in [-0.4, -0.2) is 15.0 Å². The lowest BCUT2D eigenvalue weighted by molar-refractivity contribution is -0.113. The molecule has 198 valence electrons. The van der Waals surface area contributed by atoms with Crippen molar-refractivity contribution in [3.63, 3.8) is 0 Å². The fourth-order valence-corrected chi connectivity index (χ4v) is 6.45. The summed E-state index contributed by atoms with van der Waals surface area (Å²) < 4.78 is 4.44. The van der Waals surface area contributed by atoms with E-state index in [9.17, 15) is 9.59 Å².